The molecule has 3 aromatic rings. The number of rotatable bonds is 3. The van der Waals surface area contributed by atoms with Crippen molar-refractivity contribution in [2.75, 3.05) is 5.75 Å². The summed E-state index contributed by atoms with van der Waals surface area (Å²) in [6.07, 6.45) is 0. The van der Waals surface area contributed by atoms with Crippen LogP contribution < -0.4 is 0 Å². The van der Waals surface area contributed by atoms with E-state index >= 15 is 0 Å². The SMILES string of the molecule is O=[N+]([O-])c1cccc(C2=Nn3c(nnc3-c3ccc(Cl)cc3Cl)SC2)c1. The number of fused-ring (bicyclic) bond motifs is 1. The summed E-state index contributed by atoms with van der Waals surface area (Å²) in [7, 11) is 0. The smallest absolute Gasteiger partial charge is 0.258 e. The number of non-ortho nitro benzene ring substituents is 1. The number of nitro benzene ring substituents is 1. The van der Waals surface area contributed by atoms with Crippen molar-refractivity contribution in [3.05, 3.63) is 68.2 Å². The third kappa shape index (κ3) is 3.07. The molecule has 0 saturated heterocycles. The molecule has 2 heterocycles. The molecule has 0 aliphatic carbocycles. The summed E-state index contributed by atoms with van der Waals surface area (Å²) in [5.74, 6) is 1.02. The fourth-order valence-electron chi connectivity index (χ4n) is 2.51. The van der Waals surface area contributed by atoms with Gasteiger partial charge in [0.05, 0.1) is 15.7 Å². The normalized spacial score (nSPS) is 13.2. The first-order valence-corrected chi connectivity index (χ1v) is 9.13. The molecule has 4 rings (SSSR count). The van der Waals surface area contributed by atoms with E-state index in [1.165, 1.54) is 23.9 Å². The molecule has 0 fully saturated rings. The van der Waals surface area contributed by atoms with Crippen LogP contribution in [0, 0.1) is 10.1 Å². The number of aromatic nitrogens is 3. The van der Waals surface area contributed by atoms with E-state index < -0.39 is 4.92 Å². The quantitative estimate of drug-likeness (QED) is 0.472. The number of halogens is 2. The lowest BCUT2D eigenvalue weighted by molar-refractivity contribution is -0.384. The second kappa shape index (κ2) is 6.71. The maximum absolute atomic E-state index is 11.0. The van der Waals surface area contributed by atoms with Crippen LogP contribution in [0.3, 0.4) is 0 Å². The van der Waals surface area contributed by atoms with E-state index in [2.05, 4.69) is 15.3 Å². The molecule has 0 saturated carbocycles. The van der Waals surface area contributed by atoms with Crippen LogP contribution in [0.2, 0.25) is 10.0 Å². The third-order valence-corrected chi connectivity index (χ3v) is 5.21. The summed E-state index contributed by atoms with van der Waals surface area (Å²) in [6, 6.07) is 11.5. The van der Waals surface area contributed by atoms with Gasteiger partial charge >= 0.3 is 0 Å². The zero-order chi connectivity index (χ0) is 18.3. The number of thioether (sulfide) groups is 1. The van der Waals surface area contributed by atoms with E-state index in [1.807, 2.05) is 0 Å². The summed E-state index contributed by atoms with van der Waals surface area (Å²) in [6.45, 7) is 0. The van der Waals surface area contributed by atoms with Crippen LogP contribution in [0.5, 0.6) is 0 Å². The van der Waals surface area contributed by atoms with Gasteiger partial charge in [0.25, 0.3) is 5.69 Å². The van der Waals surface area contributed by atoms with Crippen LogP contribution in [-0.2, 0) is 0 Å². The van der Waals surface area contributed by atoms with Gasteiger partial charge in [-0.3, -0.25) is 10.1 Å². The van der Waals surface area contributed by atoms with Crippen molar-refractivity contribution in [3.8, 4) is 11.4 Å². The summed E-state index contributed by atoms with van der Waals surface area (Å²) in [5, 5.41) is 25.5. The van der Waals surface area contributed by atoms with Gasteiger partial charge in [0.1, 0.15) is 0 Å². The minimum absolute atomic E-state index is 0.0192. The molecule has 7 nitrogen and oxygen atoms in total. The highest BCUT2D eigenvalue weighted by Gasteiger charge is 2.22. The highest BCUT2D eigenvalue weighted by molar-refractivity contribution is 7.99. The Morgan fingerprint density at radius 2 is 2.00 bits per heavy atom. The first-order valence-electron chi connectivity index (χ1n) is 7.39. The second-order valence-electron chi connectivity index (χ2n) is 5.38. The Morgan fingerprint density at radius 1 is 1.15 bits per heavy atom. The fraction of sp³-hybridized carbons (Fsp3) is 0.0625. The number of benzene rings is 2. The molecular formula is C16H9Cl2N5O2S. The van der Waals surface area contributed by atoms with Crippen LogP contribution in [-0.4, -0.2) is 31.3 Å². The first-order chi connectivity index (χ1) is 12.5. The van der Waals surface area contributed by atoms with Gasteiger partial charge in [-0.05, 0) is 18.2 Å². The number of hydrogen-bond acceptors (Lipinski definition) is 6. The van der Waals surface area contributed by atoms with Crippen LogP contribution in [0.25, 0.3) is 11.4 Å². The van der Waals surface area contributed by atoms with E-state index in [4.69, 9.17) is 23.2 Å². The van der Waals surface area contributed by atoms with Crippen molar-refractivity contribution >= 4 is 46.4 Å². The lowest BCUT2D eigenvalue weighted by atomic mass is 10.1. The summed E-state index contributed by atoms with van der Waals surface area (Å²) in [5.41, 5.74) is 2.04. The number of nitro groups is 1. The molecule has 0 atom stereocenters. The zero-order valence-corrected chi connectivity index (χ0v) is 15.3. The molecule has 0 spiro atoms. The van der Waals surface area contributed by atoms with Gasteiger partial charge in [0.15, 0.2) is 5.82 Å². The summed E-state index contributed by atoms with van der Waals surface area (Å²) >= 11 is 13.7. The van der Waals surface area contributed by atoms with E-state index in [0.29, 0.717) is 43.6 Å². The average Bonchev–Trinajstić information content (AvgIpc) is 3.05. The van der Waals surface area contributed by atoms with Gasteiger partial charge in [-0.25, -0.2) is 0 Å². The van der Waals surface area contributed by atoms with Gasteiger partial charge in [0, 0.05) is 34.0 Å². The lowest BCUT2D eigenvalue weighted by Gasteiger charge is -2.14. The molecule has 0 bridgehead atoms. The Labute approximate surface area is 161 Å². The molecule has 1 aliphatic heterocycles. The van der Waals surface area contributed by atoms with Gasteiger partial charge < -0.3 is 0 Å². The molecule has 0 unspecified atom stereocenters. The van der Waals surface area contributed by atoms with Gasteiger partial charge in [-0.15, -0.1) is 10.2 Å². The molecule has 10 heteroatoms. The van der Waals surface area contributed by atoms with Crippen molar-refractivity contribution in [1.82, 2.24) is 14.9 Å². The Balaban J connectivity index is 1.80. The predicted molar refractivity (Wildman–Crippen MR) is 101 cm³/mol. The minimum atomic E-state index is -0.427. The van der Waals surface area contributed by atoms with Gasteiger partial charge in [-0.2, -0.15) is 9.78 Å². The van der Waals surface area contributed by atoms with Crippen LogP contribution in [0.1, 0.15) is 5.56 Å². The molecular weight excluding hydrogens is 397 g/mol. The topological polar surface area (TPSA) is 86.2 Å². The van der Waals surface area contributed by atoms with Crippen molar-refractivity contribution < 1.29 is 4.92 Å². The highest BCUT2D eigenvalue weighted by atomic mass is 35.5. The summed E-state index contributed by atoms with van der Waals surface area (Å²) < 4.78 is 1.59. The van der Waals surface area contributed by atoms with Gasteiger partial charge in [0.2, 0.25) is 5.16 Å². The molecule has 1 aliphatic rings. The molecule has 2 aromatic carbocycles. The van der Waals surface area contributed by atoms with Crippen molar-refractivity contribution in [2.45, 2.75) is 5.16 Å². The number of hydrogen-bond donors (Lipinski definition) is 0. The molecule has 1 aromatic heterocycles. The minimum Gasteiger partial charge on any atom is -0.258 e. The third-order valence-electron chi connectivity index (χ3n) is 3.73. The maximum Gasteiger partial charge on any atom is 0.270 e. The highest BCUT2D eigenvalue weighted by Crippen LogP contribution is 2.33. The van der Waals surface area contributed by atoms with Crippen LogP contribution >= 0.6 is 35.0 Å². The Bertz CT molecular complexity index is 1070. The molecule has 26 heavy (non-hydrogen) atoms. The van der Waals surface area contributed by atoms with Crippen molar-refractivity contribution in [1.29, 1.82) is 0 Å². The van der Waals surface area contributed by atoms with Crippen molar-refractivity contribution in [3.63, 3.8) is 0 Å². The summed E-state index contributed by atoms with van der Waals surface area (Å²) in [4.78, 5) is 10.6. The van der Waals surface area contributed by atoms with Crippen LogP contribution in [0.15, 0.2) is 52.7 Å². The van der Waals surface area contributed by atoms with E-state index in [0.717, 1.165) is 0 Å². The monoisotopic (exact) mass is 405 g/mol. The van der Waals surface area contributed by atoms with E-state index in [1.54, 1.807) is 35.0 Å². The standard InChI is InChI=1S/C16H9Cl2N5O2S/c17-10-4-5-12(13(18)7-10)15-19-20-16-22(15)21-14(8-26-16)9-2-1-3-11(6-9)23(24)25/h1-7H,8H2. The van der Waals surface area contributed by atoms with Crippen molar-refractivity contribution in [2.24, 2.45) is 5.10 Å². The Hall–Kier alpha value is -2.42. The molecule has 130 valence electrons. The largest absolute Gasteiger partial charge is 0.270 e. The average molecular weight is 406 g/mol. The van der Waals surface area contributed by atoms with E-state index in [-0.39, 0.29) is 5.69 Å². The molecule has 0 amide bonds. The zero-order valence-electron chi connectivity index (χ0n) is 13.0. The molecule has 0 N–H and O–H groups in total. The lowest BCUT2D eigenvalue weighted by Crippen LogP contribution is -2.14. The number of nitrogens with zero attached hydrogens (tertiary/aromatic N) is 5. The fourth-order valence-corrected chi connectivity index (χ4v) is 3.84. The Kier molecular flexibility index (Phi) is 4.39. The van der Waals surface area contributed by atoms with Crippen LogP contribution in [0.4, 0.5) is 5.69 Å². The Morgan fingerprint density at radius 3 is 2.77 bits per heavy atom. The van der Waals surface area contributed by atoms with E-state index in [9.17, 15) is 10.1 Å². The maximum atomic E-state index is 11.0. The van der Waals surface area contributed by atoms with Gasteiger partial charge in [-0.1, -0.05) is 47.1 Å². The predicted octanol–water partition coefficient (Wildman–Crippen LogP) is 4.52. The first kappa shape index (κ1) is 17.0. The second-order valence-corrected chi connectivity index (χ2v) is 7.17. The molecule has 0 radical (unpaired) electrons.